The van der Waals surface area contributed by atoms with Crippen LogP contribution in [0.1, 0.15) is 19.3 Å². The van der Waals surface area contributed by atoms with Crippen molar-refractivity contribution in [3.8, 4) is 5.75 Å². The Morgan fingerprint density at radius 2 is 2.13 bits per heavy atom. The standard InChI is InChI=1S/C15H20FN3O4/c1-17-14(20)7-10-3-5-18(6-4-10)13-9-11(23-2)8-12(16)15(13)19(21)22/h8-10H,3-7H2,1-2H3,(H,17,20). The number of hydrogen-bond acceptors (Lipinski definition) is 5. The van der Waals surface area contributed by atoms with E-state index in [1.54, 1.807) is 11.9 Å². The molecule has 0 aliphatic carbocycles. The number of piperidine rings is 1. The van der Waals surface area contributed by atoms with Crippen molar-refractivity contribution in [2.45, 2.75) is 19.3 Å². The van der Waals surface area contributed by atoms with Crippen molar-refractivity contribution >= 4 is 17.3 Å². The van der Waals surface area contributed by atoms with Crippen LogP contribution >= 0.6 is 0 Å². The van der Waals surface area contributed by atoms with Crippen molar-refractivity contribution in [1.82, 2.24) is 5.32 Å². The van der Waals surface area contributed by atoms with Crippen molar-refractivity contribution in [2.24, 2.45) is 5.92 Å². The highest BCUT2D eigenvalue weighted by Gasteiger charge is 2.29. The number of hydrogen-bond donors (Lipinski definition) is 1. The van der Waals surface area contributed by atoms with E-state index >= 15 is 0 Å². The van der Waals surface area contributed by atoms with E-state index in [0.29, 0.717) is 19.5 Å². The monoisotopic (exact) mass is 325 g/mol. The molecule has 1 amide bonds. The highest BCUT2D eigenvalue weighted by Crippen LogP contribution is 2.37. The second-order valence-electron chi connectivity index (χ2n) is 5.54. The molecule has 7 nitrogen and oxygen atoms in total. The number of benzene rings is 1. The number of nitro benzene ring substituents is 1. The number of nitrogens with zero attached hydrogens (tertiary/aromatic N) is 2. The van der Waals surface area contributed by atoms with Gasteiger partial charge in [0.1, 0.15) is 11.4 Å². The fourth-order valence-corrected chi connectivity index (χ4v) is 2.84. The minimum Gasteiger partial charge on any atom is -0.497 e. The molecule has 0 bridgehead atoms. The van der Waals surface area contributed by atoms with Gasteiger partial charge in [-0.1, -0.05) is 0 Å². The molecule has 126 valence electrons. The lowest BCUT2D eigenvalue weighted by Crippen LogP contribution is -2.36. The molecule has 0 aromatic heterocycles. The van der Waals surface area contributed by atoms with Crippen LogP contribution in [-0.2, 0) is 4.79 Å². The third kappa shape index (κ3) is 3.88. The van der Waals surface area contributed by atoms with Crippen molar-refractivity contribution in [2.75, 3.05) is 32.1 Å². The number of carbonyl (C=O) groups excluding carboxylic acids is 1. The molecule has 1 aliphatic rings. The number of ether oxygens (including phenoxy) is 1. The summed E-state index contributed by atoms with van der Waals surface area (Å²) in [5, 5.41) is 13.8. The summed E-state index contributed by atoms with van der Waals surface area (Å²) < 4.78 is 19.0. The van der Waals surface area contributed by atoms with E-state index < -0.39 is 16.4 Å². The molecule has 8 heteroatoms. The molecular formula is C15H20FN3O4. The molecule has 1 N–H and O–H groups in total. The van der Waals surface area contributed by atoms with Gasteiger partial charge in [-0.25, -0.2) is 0 Å². The first-order valence-corrected chi connectivity index (χ1v) is 7.43. The molecule has 1 aliphatic heterocycles. The molecule has 0 atom stereocenters. The lowest BCUT2D eigenvalue weighted by atomic mass is 9.93. The molecule has 1 aromatic carbocycles. The van der Waals surface area contributed by atoms with Gasteiger partial charge in [-0.2, -0.15) is 4.39 Å². The van der Waals surface area contributed by atoms with Gasteiger partial charge in [0.25, 0.3) is 0 Å². The van der Waals surface area contributed by atoms with Gasteiger partial charge >= 0.3 is 5.69 Å². The summed E-state index contributed by atoms with van der Waals surface area (Å²) >= 11 is 0. The summed E-state index contributed by atoms with van der Waals surface area (Å²) in [4.78, 5) is 23.7. The molecule has 0 unspecified atom stereocenters. The maximum absolute atomic E-state index is 14.0. The SMILES string of the molecule is CNC(=O)CC1CCN(c2cc(OC)cc(F)c2[N+](=O)[O-])CC1. The van der Waals surface area contributed by atoms with Gasteiger partial charge < -0.3 is 15.0 Å². The van der Waals surface area contributed by atoms with Gasteiger partial charge in [0, 0.05) is 38.7 Å². The van der Waals surface area contributed by atoms with E-state index in [4.69, 9.17) is 4.74 Å². The number of nitrogens with one attached hydrogen (secondary N) is 1. The van der Waals surface area contributed by atoms with E-state index in [0.717, 1.165) is 18.9 Å². The van der Waals surface area contributed by atoms with Gasteiger partial charge in [0.05, 0.1) is 12.0 Å². The van der Waals surface area contributed by atoms with Crippen molar-refractivity contribution < 1.29 is 18.8 Å². The normalized spacial score (nSPS) is 15.3. The Bertz CT molecular complexity index is 601. The van der Waals surface area contributed by atoms with E-state index in [2.05, 4.69) is 5.32 Å². The number of methoxy groups -OCH3 is 1. The molecule has 1 heterocycles. The van der Waals surface area contributed by atoms with Crippen LogP contribution in [0, 0.1) is 21.8 Å². The predicted molar refractivity (Wildman–Crippen MR) is 83.2 cm³/mol. The Labute approximate surface area is 133 Å². The molecule has 0 saturated carbocycles. The lowest BCUT2D eigenvalue weighted by molar-refractivity contribution is -0.386. The zero-order valence-corrected chi connectivity index (χ0v) is 13.2. The third-order valence-corrected chi connectivity index (χ3v) is 4.14. The molecular weight excluding hydrogens is 305 g/mol. The Morgan fingerprint density at radius 1 is 1.48 bits per heavy atom. The minimum absolute atomic E-state index is 0.0122. The number of amides is 1. The Morgan fingerprint density at radius 3 is 2.65 bits per heavy atom. The molecule has 1 fully saturated rings. The van der Waals surface area contributed by atoms with Gasteiger partial charge in [-0.05, 0) is 18.8 Å². The Balaban J connectivity index is 2.18. The zero-order valence-electron chi connectivity index (χ0n) is 13.2. The predicted octanol–water partition coefficient (Wildman–Crippen LogP) is 2.09. The molecule has 0 spiro atoms. The van der Waals surface area contributed by atoms with Gasteiger partial charge in [0.15, 0.2) is 0 Å². The van der Waals surface area contributed by atoms with Crippen LogP contribution in [0.25, 0.3) is 0 Å². The van der Waals surface area contributed by atoms with Crippen LogP contribution in [0.4, 0.5) is 15.8 Å². The maximum atomic E-state index is 14.0. The fraction of sp³-hybridized carbons (Fsp3) is 0.533. The minimum atomic E-state index is -0.906. The van der Waals surface area contributed by atoms with E-state index in [1.807, 2.05) is 0 Å². The summed E-state index contributed by atoms with van der Waals surface area (Å²) in [6.07, 6.45) is 1.89. The third-order valence-electron chi connectivity index (χ3n) is 4.14. The maximum Gasteiger partial charge on any atom is 0.328 e. The lowest BCUT2D eigenvalue weighted by Gasteiger charge is -2.33. The molecule has 0 radical (unpaired) electrons. The first kappa shape index (κ1) is 17.0. The molecule has 1 saturated heterocycles. The van der Waals surface area contributed by atoms with Crippen molar-refractivity contribution in [3.05, 3.63) is 28.1 Å². The molecule has 2 rings (SSSR count). The van der Waals surface area contributed by atoms with E-state index in [-0.39, 0.29) is 23.3 Å². The van der Waals surface area contributed by atoms with Crippen LogP contribution in [0.15, 0.2) is 12.1 Å². The first-order valence-electron chi connectivity index (χ1n) is 7.43. The van der Waals surface area contributed by atoms with Crippen LogP contribution in [0.3, 0.4) is 0 Å². The van der Waals surface area contributed by atoms with Crippen molar-refractivity contribution in [1.29, 1.82) is 0 Å². The zero-order chi connectivity index (χ0) is 17.0. The topological polar surface area (TPSA) is 84.7 Å². The molecule has 1 aromatic rings. The van der Waals surface area contributed by atoms with Crippen LogP contribution in [0.2, 0.25) is 0 Å². The quantitative estimate of drug-likeness (QED) is 0.662. The number of anilines is 1. The van der Waals surface area contributed by atoms with Crippen LogP contribution in [-0.4, -0.2) is 38.1 Å². The van der Waals surface area contributed by atoms with Gasteiger partial charge in [-0.15, -0.1) is 0 Å². The second-order valence-corrected chi connectivity index (χ2v) is 5.54. The van der Waals surface area contributed by atoms with Crippen LogP contribution in [0.5, 0.6) is 5.75 Å². The average molecular weight is 325 g/mol. The first-order chi connectivity index (χ1) is 11.0. The molecule has 23 heavy (non-hydrogen) atoms. The number of carbonyl (C=O) groups is 1. The smallest absolute Gasteiger partial charge is 0.328 e. The summed E-state index contributed by atoms with van der Waals surface area (Å²) in [7, 11) is 2.99. The fourth-order valence-electron chi connectivity index (χ4n) is 2.84. The Hall–Kier alpha value is -2.38. The summed E-state index contributed by atoms with van der Waals surface area (Å²) in [6, 6.07) is 2.50. The highest BCUT2D eigenvalue weighted by atomic mass is 19.1. The van der Waals surface area contributed by atoms with E-state index in [9.17, 15) is 19.3 Å². The Kier molecular flexibility index (Phi) is 5.36. The van der Waals surface area contributed by atoms with Crippen molar-refractivity contribution in [3.63, 3.8) is 0 Å². The van der Waals surface area contributed by atoms with Gasteiger partial charge in [-0.3, -0.25) is 14.9 Å². The van der Waals surface area contributed by atoms with Gasteiger partial charge in [0.2, 0.25) is 11.7 Å². The summed E-state index contributed by atoms with van der Waals surface area (Å²) in [5.74, 6) is -0.435. The van der Waals surface area contributed by atoms with Crippen LogP contribution < -0.4 is 15.0 Å². The van der Waals surface area contributed by atoms with E-state index in [1.165, 1.54) is 13.2 Å². The number of nitro groups is 1. The average Bonchev–Trinajstić information content (AvgIpc) is 2.54. The number of rotatable bonds is 5. The second kappa shape index (κ2) is 7.26. The largest absolute Gasteiger partial charge is 0.497 e. The highest BCUT2D eigenvalue weighted by molar-refractivity contribution is 5.75. The summed E-state index contributed by atoms with van der Waals surface area (Å²) in [6.45, 7) is 1.07. The number of halogens is 1. The summed E-state index contributed by atoms with van der Waals surface area (Å²) in [5.41, 5.74) is -0.305.